The van der Waals surface area contributed by atoms with Gasteiger partial charge in [0.15, 0.2) is 0 Å². The van der Waals surface area contributed by atoms with Crippen LogP contribution < -0.4 is 5.32 Å². The number of aliphatic carboxylic acids is 1. The topological polar surface area (TPSA) is 69.6 Å². The number of carbonyl (C=O) groups is 1. The van der Waals surface area contributed by atoms with Gasteiger partial charge in [-0.05, 0) is 30.4 Å². The van der Waals surface area contributed by atoms with Crippen LogP contribution in [0.5, 0.6) is 0 Å². The number of aliphatic hydroxyl groups is 1. The van der Waals surface area contributed by atoms with Crippen molar-refractivity contribution < 1.29 is 15.0 Å². The molecule has 0 saturated carbocycles. The molecule has 3 N–H and O–H groups in total. The Labute approximate surface area is 114 Å². The van der Waals surface area contributed by atoms with Gasteiger partial charge in [0.2, 0.25) is 0 Å². The molecular formula is C15H23NO3. The number of benzene rings is 1. The Hall–Kier alpha value is -1.39. The lowest BCUT2D eigenvalue weighted by Crippen LogP contribution is -2.35. The molecule has 0 aliphatic heterocycles. The van der Waals surface area contributed by atoms with Gasteiger partial charge in [-0.1, -0.05) is 38.1 Å². The number of carboxylic acids is 1. The van der Waals surface area contributed by atoms with Crippen molar-refractivity contribution in [3.05, 3.63) is 35.4 Å². The van der Waals surface area contributed by atoms with E-state index in [-0.39, 0.29) is 12.6 Å². The van der Waals surface area contributed by atoms with E-state index in [1.165, 1.54) is 5.56 Å². The van der Waals surface area contributed by atoms with Gasteiger partial charge in [0.1, 0.15) is 0 Å². The average Bonchev–Trinajstić information content (AvgIpc) is 2.43. The predicted octanol–water partition coefficient (Wildman–Crippen LogP) is 2.30. The summed E-state index contributed by atoms with van der Waals surface area (Å²) in [4.78, 5) is 10.5. The zero-order valence-corrected chi connectivity index (χ0v) is 11.8. The van der Waals surface area contributed by atoms with Crippen molar-refractivity contribution in [2.75, 3.05) is 6.54 Å². The third-order valence-corrected chi connectivity index (χ3v) is 3.51. The van der Waals surface area contributed by atoms with Crippen LogP contribution in [0.15, 0.2) is 24.3 Å². The van der Waals surface area contributed by atoms with E-state index in [0.717, 1.165) is 12.0 Å². The molecular weight excluding hydrogens is 242 g/mol. The van der Waals surface area contributed by atoms with E-state index in [2.05, 4.69) is 19.2 Å². The van der Waals surface area contributed by atoms with Gasteiger partial charge in [0, 0.05) is 6.04 Å². The molecule has 0 bridgehead atoms. The molecule has 3 unspecified atom stereocenters. The minimum absolute atomic E-state index is 0.150. The maximum atomic E-state index is 10.5. The summed E-state index contributed by atoms with van der Waals surface area (Å²) in [6, 6.07) is 7.56. The van der Waals surface area contributed by atoms with Crippen molar-refractivity contribution >= 4 is 5.97 Å². The molecule has 1 rings (SSSR count). The second-order valence-corrected chi connectivity index (χ2v) is 4.98. The molecule has 0 radical (unpaired) electrons. The molecule has 19 heavy (non-hydrogen) atoms. The molecule has 1 aromatic carbocycles. The smallest absolute Gasteiger partial charge is 0.317 e. The van der Waals surface area contributed by atoms with Crippen LogP contribution in [0.25, 0.3) is 0 Å². The van der Waals surface area contributed by atoms with Crippen molar-refractivity contribution in [3.63, 3.8) is 0 Å². The fourth-order valence-electron chi connectivity index (χ4n) is 1.91. The zero-order valence-electron chi connectivity index (χ0n) is 11.8. The number of aliphatic hydroxyl groups excluding tert-OH is 1. The van der Waals surface area contributed by atoms with E-state index in [0.29, 0.717) is 5.92 Å². The second-order valence-electron chi connectivity index (χ2n) is 4.98. The highest BCUT2D eigenvalue weighted by Crippen LogP contribution is 2.22. The van der Waals surface area contributed by atoms with Crippen LogP contribution in [0.4, 0.5) is 0 Å². The standard InChI is InChI=1S/C15H23NO3/c1-4-10(2)12-5-7-13(8-6-12)15(19)11(3)16-9-14(17)18/h5-8,10-11,15-16,19H,4,9H2,1-3H3,(H,17,18). The van der Waals surface area contributed by atoms with E-state index in [4.69, 9.17) is 5.11 Å². The minimum atomic E-state index is -0.925. The van der Waals surface area contributed by atoms with Gasteiger partial charge in [-0.3, -0.25) is 4.79 Å². The Kier molecular flexibility index (Phi) is 5.99. The number of hydrogen-bond donors (Lipinski definition) is 3. The van der Waals surface area contributed by atoms with Gasteiger partial charge < -0.3 is 15.5 Å². The molecule has 3 atom stereocenters. The third-order valence-electron chi connectivity index (χ3n) is 3.51. The fraction of sp³-hybridized carbons (Fsp3) is 0.533. The zero-order chi connectivity index (χ0) is 14.4. The summed E-state index contributed by atoms with van der Waals surface area (Å²) < 4.78 is 0. The molecule has 0 saturated heterocycles. The molecule has 106 valence electrons. The summed E-state index contributed by atoms with van der Waals surface area (Å²) in [5.74, 6) is -0.417. The predicted molar refractivity (Wildman–Crippen MR) is 75.2 cm³/mol. The molecule has 0 aliphatic carbocycles. The van der Waals surface area contributed by atoms with Crippen LogP contribution in [0.1, 0.15) is 50.3 Å². The van der Waals surface area contributed by atoms with Crippen LogP contribution >= 0.6 is 0 Å². The SMILES string of the molecule is CCC(C)c1ccc(C(O)C(C)NCC(=O)O)cc1. The fourth-order valence-corrected chi connectivity index (χ4v) is 1.91. The number of hydrogen-bond acceptors (Lipinski definition) is 3. The Bertz CT molecular complexity index is 402. The molecule has 0 aromatic heterocycles. The van der Waals surface area contributed by atoms with E-state index in [9.17, 15) is 9.90 Å². The summed E-state index contributed by atoms with van der Waals surface area (Å²) in [7, 11) is 0. The minimum Gasteiger partial charge on any atom is -0.480 e. The van der Waals surface area contributed by atoms with Crippen LogP contribution in [-0.4, -0.2) is 28.8 Å². The monoisotopic (exact) mass is 265 g/mol. The Balaban J connectivity index is 2.66. The van der Waals surface area contributed by atoms with E-state index in [1.807, 2.05) is 24.3 Å². The lowest BCUT2D eigenvalue weighted by molar-refractivity contribution is -0.136. The first kappa shape index (κ1) is 15.7. The molecule has 0 amide bonds. The molecule has 4 heteroatoms. The normalized spacial score (nSPS) is 15.8. The van der Waals surface area contributed by atoms with Gasteiger partial charge >= 0.3 is 5.97 Å². The first-order valence-corrected chi connectivity index (χ1v) is 6.68. The summed E-state index contributed by atoms with van der Waals surface area (Å²) in [5.41, 5.74) is 2.06. The lowest BCUT2D eigenvalue weighted by Gasteiger charge is -2.20. The summed E-state index contributed by atoms with van der Waals surface area (Å²) in [6.45, 7) is 5.94. The Morgan fingerprint density at radius 2 is 1.74 bits per heavy atom. The van der Waals surface area contributed by atoms with Gasteiger partial charge in [0.05, 0.1) is 12.6 Å². The Morgan fingerprint density at radius 3 is 2.21 bits per heavy atom. The number of nitrogens with one attached hydrogen (secondary N) is 1. The van der Waals surface area contributed by atoms with Crippen molar-refractivity contribution in [2.24, 2.45) is 0 Å². The maximum absolute atomic E-state index is 10.5. The van der Waals surface area contributed by atoms with Crippen LogP contribution in [0.2, 0.25) is 0 Å². The lowest BCUT2D eigenvalue weighted by atomic mass is 9.95. The average molecular weight is 265 g/mol. The van der Waals surface area contributed by atoms with E-state index < -0.39 is 12.1 Å². The second kappa shape index (κ2) is 7.26. The highest BCUT2D eigenvalue weighted by Gasteiger charge is 2.17. The highest BCUT2D eigenvalue weighted by molar-refractivity contribution is 5.69. The molecule has 1 aromatic rings. The largest absolute Gasteiger partial charge is 0.480 e. The number of carboxylic acid groups (broad SMARTS) is 1. The van der Waals surface area contributed by atoms with Crippen LogP contribution in [0.3, 0.4) is 0 Å². The van der Waals surface area contributed by atoms with Gasteiger partial charge in [-0.25, -0.2) is 0 Å². The third kappa shape index (κ3) is 4.65. The van der Waals surface area contributed by atoms with Crippen LogP contribution in [0, 0.1) is 0 Å². The van der Waals surface area contributed by atoms with Gasteiger partial charge in [-0.2, -0.15) is 0 Å². The number of rotatable bonds is 7. The first-order valence-electron chi connectivity index (χ1n) is 6.68. The van der Waals surface area contributed by atoms with Crippen molar-refractivity contribution in [1.82, 2.24) is 5.32 Å². The molecule has 0 aliphatic rings. The van der Waals surface area contributed by atoms with Gasteiger partial charge in [-0.15, -0.1) is 0 Å². The van der Waals surface area contributed by atoms with Crippen LogP contribution in [-0.2, 0) is 4.79 Å². The Morgan fingerprint density at radius 1 is 1.21 bits per heavy atom. The van der Waals surface area contributed by atoms with Crippen molar-refractivity contribution in [2.45, 2.75) is 45.3 Å². The van der Waals surface area contributed by atoms with E-state index in [1.54, 1.807) is 6.92 Å². The van der Waals surface area contributed by atoms with Gasteiger partial charge in [0.25, 0.3) is 0 Å². The molecule has 0 fully saturated rings. The first-order chi connectivity index (χ1) is 8.95. The molecule has 4 nitrogen and oxygen atoms in total. The summed E-state index contributed by atoms with van der Waals surface area (Å²) >= 11 is 0. The van der Waals surface area contributed by atoms with E-state index >= 15 is 0 Å². The summed E-state index contributed by atoms with van der Waals surface area (Å²) in [5, 5.41) is 21.5. The molecule has 0 heterocycles. The highest BCUT2D eigenvalue weighted by atomic mass is 16.4. The quantitative estimate of drug-likeness (QED) is 0.707. The maximum Gasteiger partial charge on any atom is 0.317 e. The summed E-state index contributed by atoms with van der Waals surface area (Å²) in [6.07, 6.45) is 0.378. The van der Waals surface area contributed by atoms with Crippen molar-refractivity contribution in [3.8, 4) is 0 Å². The van der Waals surface area contributed by atoms with Crippen molar-refractivity contribution in [1.29, 1.82) is 0 Å². The molecule has 0 spiro atoms.